The average molecular weight is 283 g/mol. The van der Waals surface area contributed by atoms with Crippen LogP contribution in [0.4, 0.5) is 5.82 Å². The van der Waals surface area contributed by atoms with E-state index in [1.54, 1.807) is 6.07 Å². The standard InChI is InChI=1S/C15H23ClN2O/c1-14(2,3)12-6-4-5-7-15(12,19)11-8-10(16)9-18-13(11)17/h8-9,12,19H,4-7H2,1-3H3,(H2,17,18). The number of pyridine rings is 1. The maximum absolute atomic E-state index is 11.3. The van der Waals surface area contributed by atoms with Crippen molar-refractivity contribution in [2.24, 2.45) is 11.3 Å². The summed E-state index contributed by atoms with van der Waals surface area (Å²) >= 11 is 6.03. The Morgan fingerprint density at radius 1 is 1.42 bits per heavy atom. The quantitative estimate of drug-likeness (QED) is 0.825. The molecule has 1 aliphatic carbocycles. The van der Waals surface area contributed by atoms with Crippen LogP contribution in [0.1, 0.15) is 52.0 Å². The van der Waals surface area contributed by atoms with Crippen molar-refractivity contribution in [3.8, 4) is 0 Å². The molecule has 3 N–H and O–H groups in total. The largest absolute Gasteiger partial charge is 0.385 e. The highest BCUT2D eigenvalue weighted by Gasteiger charge is 2.47. The predicted octanol–water partition coefficient (Wildman–Crippen LogP) is 3.74. The molecule has 0 aromatic carbocycles. The van der Waals surface area contributed by atoms with Crippen molar-refractivity contribution in [1.29, 1.82) is 0 Å². The molecule has 0 amide bonds. The Bertz CT molecular complexity index is 470. The van der Waals surface area contributed by atoms with Gasteiger partial charge in [0.1, 0.15) is 5.82 Å². The molecule has 1 fully saturated rings. The molecule has 3 nitrogen and oxygen atoms in total. The normalized spacial score (nSPS) is 28.4. The van der Waals surface area contributed by atoms with Crippen molar-refractivity contribution in [2.45, 2.75) is 52.1 Å². The minimum absolute atomic E-state index is 0.0178. The summed E-state index contributed by atoms with van der Waals surface area (Å²) in [6, 6.07) is 1.77. The van der Waals surface area contributed by atoms with Crippen LogP contribution in [0.25, 0.3) is 0 Å². The molecular weight excluding hydrogens is 260 g/mol. The molecular formula is C15H23ClN2O. The van der Waals surface area contributed by atoms with Crippen molar-refractivity contribution in [3.63, 3.8) is 0 Å². The van der Waals surface area contributed by atoms with Gasteiger partial charge in [0.15, 0.2) is 0 Å². The number of rotatable bonds is 1. The molecule has 0 bridgehead atoms. The lowest BCUT2D eigenvalue weighted by atomic mass is 9.61. The Kier molecular flexibility index (Phi) is 3.80. The van der Waals surface area contributed by atoms with Gasteiger partial charge in [-0.05, 0) is 30.2 Å². The monoisotopic (exact) mass is 282 g/mol. The minimum Gasteiger partial charge on any atom is -0.385 e. The van der Waals surface area contributed by atoms with Gasteiger partial charge in [-0.25, -0.2) is 4.98 Å². The van der Waals surface area contributed by atoms with E-state index in [0.29, 0.717) is 16.4 Å². The molecule has 1 aromatic heterocycles. The molecule has 2 rings (SSSR count). The zero-order valence-corrected chi connectivity index (χ0v) is 12.7. The van der Waals surface area contributed by atoms with Crippen molar-refractivity contribution in [1.82, 2.24) is 4.98 Å². The zero-order valence-electron chi connectivity index (χ0n) is 11.9. The number of nitrogen functional groups attached to an aromatic ring is 1. The van der Waals surface area contributed by atoms with Crippen LogP contribution in [0.3, 0.4) is 0 Å². The third-order valence-corrected chi connectivity index (χ3v) is 4.48. The number of nitrogens with zero attached hydrogens (tertiary/aromatic N) is 1. The second-order valence-corrected chi connectivity index (χ2v) is 7.11. The molecule has 19 heavy (non-hydrogen) atoms. The van der Waals surface area contributed by atoms with Gasteiger partial charge in [0, 0.05) is 11.8 Å². The van der Waals surface area contributed by atoms with E-state index in [1.807, 2.05) is 0 Å². The molecule has 0 radical (unpaired) electrons. The molecule has 2 atom stereocenters. The number of hydrogen-bond donors (Lipinski definition) is 2. The Morgan fingerprint density at radius 3 is 2.74 bits per heavy atom. The van der Waals surface area contributed by atoms with Gasteiger partial charge in [-0.2, -0.15) is 0 Å². The van der Waals surface area contributed by atoms with E-state index in [2.05, 4.69) is 25.8 Å². The number of hydrogen-bond acceptors (Lipinski definition) is 3. The number of nitrogens with two attached hydrogens (primary N) is 1. The van der Waals surface area contributed by atoms with Crippen LogP contribution in [0, 0.1) is 11.3 Å². The van der Waals surface area contributed by atoms with Gasteiger partial charge < -0.3 is 10.8 Å². The summed E-state index contributed by atoms with van der Waals surface area (Å²) in [6.07, 6.45) is 5.42. The van der Waals surface area contributed by atoms with E-state index in [9.17, 15) is 5.11 Å². The van der Waals surface area contributed by atoms with Gasteiger partial charge in [0.2, 0.25) is 0 Å². The lowest BCUT2D eigenvalue weighted by Crippen LogP contribution is -2.45. The first-order valence-corrected chi connectivity index (χ1v) is 7.27. The number of anilines is 1. The summed E-state index contributed by atoms with van der Waals surface area (Å²) in [7, 11) is 0. The fourth-order valence-corrected chi connectivity index (χ4v) is 3.58. The van der Waals surface area contributed by atoms with Crippen molar-refractivity contribution in [2.75, 3.05) is 5.73 Å². The fourth-order valence-electron chi connectivity index (χ4n) is 3.42. The number of aliphatic hydroxyl groups is 1. The van der Waals surface area contributed by atoms with E-state index in [4.69, 9.17) is 17.3 Å². The lowest BCUT2D eigenvalue weighted by molar-refractivity contribution is -0.0955. The second kappa shape index (κ2) is 4.95. The highest BCUT2D eigenvalue weighted by molar-refractivity contribution is 6.30. The SMILES string of the molecule is CC(C)(C)C1CCCCC1(O)c1cc(Cl)cnc1N. The van der Waals surface area contributed by atoms with Gasteiger partial charge >= 0.3 is 0 Å². The summed E-state index contributed by atoms with van der Waals surface area (Å²) < 4.78 is 0. The van der Waals surface area contributed by atoms with E-state index in [-0.39, 0.29) is 11.3 Å². The summed E-state index contributed by atoms with van der Waals surface area (Å²) in [4.78, 5) is 4.10. The highest BCUT2D eigenvalue weighted by atomic mass is 35.5. The molecule has 1 aromatic rings. The third kappa shape index (κ3) is 2.72. The van der Waals surface area contributed by atoms with Crippen LogP contribution in [0.2, 0.25) is 5.02 Å². The van der Waals surface area contributed by atoms with Gasteiger partial charge in [-0.3, -0.25) is 0 Å². The molecule has 2 unspecified atom stereocenters. The maximum Gasteiger partial charge on any atom is 0.129 e. The van der Waals surface area contributed by atoms with Gasteiger partial charge in [-0.15, -0.1) is 0 Å². The van der Waals surface area contributed by atoms with Crippen LogP contribution in [0.5, 0.6) is 0 Å². The Balaban J connectivity index is 2.51. The highest BCUT2D eigenvalue weighted by Crippen LogP contribution is 2.50. The minimum atomic E-state index is -0.918. The second-order valence-electron chi connectivity index (χ2n) is 6.67. The van der Waals surface area contributed by atoms with Gasteiger partial charge in [0.05, 0.1) is 10.6 Å². The predicted molar refractivity (Wildman–Crippen MR) is 79.0 cm³/mol. The first-order chi connectivity index (χ1) is 8.75. The third-order valence-electron chi connectivity index (χ3n) is 4.27. The first kappa shape index (κ1) is 14.6. The van der Waals surface area contributed by atoms with E-state index in [1.165, 1.54) is 6.20 Å². The Morgan fingerprint density at radius 2 is 2.11 bits per heavy atom. The zero-order chi connectivity index (χ0) is 14.3. The van der Waals surface area contributed by atoms with Crippen LogP contribution >= 0.6 is 11.6 Å². The summed E-state index contributed by atoms with van der Waals surface area (Å²) in [5.74, 6) is 0.555. The van der Waals surface area contributed by atoms with E-state index < -0.39 is 5.60 Å². The molecule has 1 aliphatic rings. The molecule has 0 spiro atoms. The van der Waals surface area contributed by atoms with E-state index >= 15 is 0 Å². The van der Waals surface area contributed by atoms with Gasteiger partial charge in [-0.1, -0.05) is 45.2 Å². The molecule has 4 heteroatoms. The summed E-state index contributed by atoms with van der Waals surface area (Å²) in [5.41, 5.74) is 5.77. The van der Waals surface area contributed by atoms with Gasteiger partial charge in [0.25, 0.3) is 0 Å². The molecule has 0 saturated heterocycles. The topological polar surface area (TPSA) is 59.1 Å². The molecule has 106 valence electrons. The van der Waals surface area contributed by atoms with E-state index in [0.717, 1.165) is 25.7 Å². The van der Waals surface area contributed by atoms with Crippen LogP contribution < -0.4 is 5.73 Å². The maximum atomic E-state index is 11.3. The summed E-state index contributed by atoms with van der Waals surface area (Å²) in [5, 5.41) is 11.8. The fraction of sp³-hybridized carbons (Fsp3) is 0.667. The molecule has 1 heterocycles. The van der Waals surface area contributed by atoms with Crippen LogP contribution in [-0.4, -0.2) is 10.1 Å². The number of aromatic nitrogens is 1. The Labute approximate surface area is 120 Å². The van der Waals surface area contributed by atoms with Crippen molar-refractivity contribution in [3.05, 3.63) is 22.8 Å². The smallest absolute Gasteiger partial charge is 0.129 e. The first-order valence-electron chi connectivity index (χ1n) is 6.89. The molecule has 0 aliphatic heterocycles. The van der Waals surface area contributed by atoms with Crippen molar-refractivity contribution >= 4 is 17.4 Å². The van der Waals surface area contributed by atoms with Crippen LogP contribution in [-0.2, 0) is 5.60 Å². The number of halogens is 1. The molecule has 1 saturated carbocycles. The summed E-state index contributed by atoms with van der Waals surface area (Å²) in [6.45, 7) is 6.51. The van der Waals surface area contributed by atoms with Crippen LogP contribution in [0.15, 0.2) is 12.3 Å². The lowest BCUT2D eigenvalue weighted by Gasteiger charge is -2.47. The average Bonchev–Trinajstić information content (AvgIpc) is 2.31. The van der Waals surface area contributed by atoms with Crippen molar-refractivity contribution < 1.29 is 5.11 Å². The Hall–Kier alpha value is -0.800.